The third-order valence-electron chi connectivity index (χ3n) is 5.13. The highest BCUT2D eigenvalue weighted by Gasteiger charge is 2.39. The molecule has 1 aliphatic rings. The van der Waals surface area contributed by atoms with Gasteiger partial charge in [0.25, 0.3) is 0 Å². The number of fused-ring (bicyclic) bond motifs is 2. The highest BCUT2D eigenvalue weighted by atomic mass is 16.6. The number of hydrogen-bond acceptors (Lipinski definition) is 8. The molecule has 30 heavy (non-hydrogen) atoms. The van der Waals surface area contributed by atoms with Gasteiger partial charge in [0.15, 0.2) is 0 Å². The van der Waals surface area contributed by atoms with Gasteiger partial charge in [0.1, 0.15) is 35.2 Å². The van der Waals surface area contributed by atoms with E-state index in [9.17, 15) is 4.79 Å². The molecule has 1 aliphatic heterocycles. The molecule has 0 fully saturated rings. The average Bonchev–Trinajstić information content (AvgIpc) is 2.67. The van der Waals surface area contributed by atoms with Gasteiger partial charge in [-0.1, -0.05) is 0 Å². The van der Waals surface area contributed by atoms with Gasteiger partial charge in [0, 0.05) is 43.1 Å². The molecule has 0 aliphatic carbocycles. The molecular formula is C22H26N4O4. The molecule has 1 atom stereocenters. The number of anilines is 1. The molecule has 8 nitrogen and oxygen atoms in total. The smallest absolute Gasteiger partial charge is 0.336 e. The second-order valence-corrected chi connectivity index (χ2v) is 8.24. The number of aromatic nitrogens is 2. The lowest BCUT2D eigenvalue weighted by atomic mass is 9.90. The predicted octanol–water partition coefficient (Wildman–Crippen LogP) is 2.72. The van der Waals surface area contributed by atoms with Crippen LogP contribution in [-0.4, -0.2) is 53.8 Å². The molecule has 3 heterocycles. The maximum atomic E-state index is 11.5. The van der Waals surface area contributed by atoms with E-state index in [2.05, 4.69) is 20.2 Å². The van der Waals surface area contributed by atoms with Gasteiger partial charge in [-0.3, -0.25) is 0 Å². The van der Waals surface area contributed by atoms with Crippen molar-refractivity contribution in [2.45, 2.75) is 32.0 Å². The van der Waals surface area contributed by atoms with Crippen molar-refractivity contribution in [1.29, 1.82) is 0 Å². The minimum Gasteiger partial charge on any atom is -0.484 e. The molecule has 0 radical (unpaired) electrons. The van der Waals surface area contributed by atoms with Crippen molar-refractivity contribution < 1.29 is 13.9 Å². The van der Waals surface area contributed by atoms with Crippen molar-refractivity contribution in [3.8, 4) is 11.6 Å². The maximum Gasteiger partial charge on any atom is 0.336 e. The van der Waals surface area contributed by atoms with E-state index in [1.165, 1.54) is 12.4 Å². The lowest BCUT2D eigenvalue weighted by molar-refractivity contribution is -0.0287. The highest BCUT2D eigenvalue weighted by molar-refractivity contribution is 5.79. The molecule has 0 saturated heterocycles. The molecule has 2 aromatic heterocycles. The second kappa shape index (κ2) is 7.95. The summed E-state index contributed by atoms with van der Waals surface area (Å²) in [5, 5.41) is 4.13. The lowest BCUT2D eigenvalue weighted by Crippen LogP contribution is -2.49. The molecule has 1 aromatic carbocycles. The fourth-order valence-electron chi connectivity index (χ4n) is 3.43. The largest absolute Gasteiger partial charge is 0.484 e. The molecular weight excluding hydrogens is 384 g/mol. The Kier molecular flexibility index (Phi) is 5.34. The number of nitrogens with one attached hydrogen (secondary N) is 1. The summed E-state index contributed by atoms with van der Waals surface area (Å²) in [6.45, 7) is 5.62. The molecule has 1 N–H and O–H groups in total. The van der Waals surface area contributed by atoms with Crippen molar-refractivity contribution in [2.24, 2.45) is 0 Å². The third-order valence-corrected chi connectivity index (χ3v) is 5.13. The fraction of sp³-hybridized carbons (Fsp3) is 0.409. The molecule has 0 spiro atoms. The van der Waals surface area contributed by atoms with Crippen molar-refractivity contribution in [1.82, 2.24) is 14.9 Å². The third kappa shape index (κ3) is 4.38. The Bertz CT molecular complexity index is 1110. The Hall–Kier alpha value is -3.13. The van der Waals surface area contributed by atoms with E-state index in [4.69, 9.17) is 13.9 Å². The summed E-state index contributed by atoms with van der Waals surface area (Å²) in [6, 6.07) is 8.74. The summed E-state index contributed by atoms with van der Waals surface area (Å²) in [5.74, 6) is 1.92. The van der Waals surface area contributed by atoms with Crippen LogP contribution in [0.15, 0.2) is 45.9 Å². The van der Waals surface area contributed by atoms with E-state index in [0.29, 0.717) is 23.6 Å². The van der Waals surface area contributed by atoms with E-state index in [1.54, 1.807) is 18.2 Å². The minimum absolute atomic E-state index is 0.248. The normalized spacial score (nSPS) is 17.4. The van der Waals surface area contributed by atoms with Crippen LogP contribution in [0.1, 0.15) is 19.4 Å². The minimum atomic E-state index is -0.598. The van der Waals surface area contributed by atoms with Gasteiger partial charge in [-0.25, -0.2) is 14.8 Å². The molecule has 0 amide bonds. The number of nitrogens with zero attached hydrogens (tertiary/aromatic N) is 3. The van der Waals surface area contributed by atoms with Crippen LogP contribution in [0.25, 0.3) is 11.0 Å². The van der Waals surface area contributed by atoms with Gasteiger partial charge >= 0.3 is 5.63 Å². The van der Waals surface area contributed by atoms with Crippen LogP contribution in [0.4, 0.5) is 5.82 Å². The van der Waals surface area contributed by atoms with Gasteiger partial charge in [0.2, 0.25) is 5.88 Å². The summed E-state index contributed by atoms with van der Waals surface area (Å²) in [6.07, 6.45) is 1.89. The zero-order valence-electron chi connectivity index (χ0n) is 17.6. The van der Waals surface area contributed by atoms with Gasteiger partial charge in [-0.2, -0.15) is 0 Å². The Labute approximate surface area is 174 Å². The Morgan fingerprint density at radius 3 is 2.87 bits per heavy atom. The van der Waals surface area contributed by atoms with Crippen LogP contribution in [0.5, 0.6) is 11.6 Å². The van der Waals surface area contributed by atoms with E-state index in [1.807, 2.05) is 34.0 Å². The zero-order chi connectivity index (χ0) is 21.3. The van der Waals surface area contributed by atoms with Crippen LogP contribution in [0, 0.1) is 0 Å². The summed E-state index contributed by atoms with van der Waals surface area (Å²) < 4.78 is 17.7. The van der Waals surface area contributed by atoms with Crippen molar-refractivity contribution in [3.05, 3.63) is 52.6 Å². The van der Waals surface area contributed by atoms with Crippen molar-refractivity contribution in [2.75, 3.05) is 32.5 Å². The first-order chi connectivity index (χ1) is 14.3. The van der Waals surface area contributed by atoms with Crippen molar-refractivity contribution >= 4 is 16.8 Å². The van der Waals surface area contributed by atoms with Crippen LogP contribution < -0.4 is 20.4 Å². The molecule has 158 valence electrons. The van der Waals surface area contributed by atoms with Crippen molar-refractivity contribution in [3.63, 3.8) is 0 Å². The SMILES string of the molecule is CN(C)CCNc1cc(O[C@H]2Cc3cc4ccc(=O)oc4cc3OC2(C)C)ncn1. The van der Waals surface area contributed by atoms with Crippen LogP contribution in [-0.2, 0) is 6.42 Å². The Balaban J connectivity index is 1.54. The molecule has 0 unspecified atom stereocenters. The maximum absolute atomic E-state index is 11.5. The van der Waals surface area contributed by atoms with Gasteiger partial charge in [-0.05, 0) is 45.6 Å². The molecule has 0 saturated carbocycles. The summed E-state index contributed by atoms with van der Waals surface area (Å²) >= 11 is 0. The molecule has 0 bridgehead atoms. The standard InChI is InChI=1S/C22H26N4O4/c1-22(2)18(29-20-12-19(24-13-25-20)23-7-8-26(3)4)10-15-9-14-5-6-21(27)28-16(14)11-17(15)30-22/h5-6,9,11-13,18H,7-8,10H2,1-4H3,(H,23,24,25)/t18-/m0/s1. The van der Waals surface area contributed by atoms with E-state index < -0.39 is 5.60 Å². The number of ether oxygens (including phenoxy) is 2. The number of hydrogen-bond donors (Lipinski definition) is 1. The molecule has 4 rings (SSSR count). The fourth-order valence-corrected chi connectivity index (χ4v) is 3.43. The van der Waals surface area contributed by atoms with Gasteiger partial charge in [-0.15, -0.1) is 0 Å². The summed E-state index contributed by atoms with van der Waals surface area (Å²) in [4.78, 5) is 22.1. The monoisotopic (exact) mass is 410 g/mol. The first-order valence-corrected chi connectivity index (χ1v) is 9.93. The van der Waals surface area contributed by atoms with E-state index >= 15 is 0 Å². The second-order valence-electron chi connectivity index (χ2n) is 8.24. The summed E-state index contributed by atoms with van der Waals surface area (Å²) in [7, 11) is 4.05. The Morgan fingerprint density at radius 1 is 1.23 bits per heavy atom. The first-order valence-electron chi connectivity index (χ1n) is 9.93. The average molecular weight is 410 g/mol. The molecule has 8 heteroatoms. The first kappa shape index (κ1) is 20.2. The topological polar surface area (TPSA) is 89.7 Å². The Morgan fingerprint density at radius 2 is 2.07 bits per heavy atom. The van der Waals surface area contributed by atoms with Crippen LogP contribution >= 0.6 is 0 Å². The van der Waals surface area contributed by atoms with Crippen LogP contribution in [0.3, 0.4) is 0 Å². The molecule has 3 aromatic rings. The van der Waals surface area contributed by atoms with Gasteiger partial charge < -0.3 is 24.1 Å². The zero-order valence-corrected chi connectivity index (χ0v) is 17.6. The number of benzene rings is 1. The number of rotatable bonds is 6. The van der Waals surface area contributed by atoms with E-state index in [0.717, 1.165) is 29.9 Å². The van der Waals surface area contributed by atoms with Gasteiger partial charge in [0.05, 0.1) is 0 Å². The van der Waals surface area contributed by atoms with Crippen LogP contribution in [0.2, 0.25) is 0 Å². The predicted molar refractivity (Wildman–Crippen MR) is 114 cm³/mol. The summed E-state index contributed by atoms with van der Waals surface area (Å²) in [5.41, 5.74) is 0.538. The quantitative estimate of drug-likeness (QED) is 0.621. The number of likely N-dealkylation sites (N-methyl/N-ethyl adjacent to an activating group) is 1. The lowest BCUT2D eigenvalue weighted by Gasteiger charge is -2.39. The highest BCUT2D eigenvalue weighted by Crippen LogP contribution is 2.37. The van der Waals surface area contributed by atoms with E-state index in [-0.39, 0.29) is 11.7 Å².